The predicted molar refractivity (Wildman–Crippen MR) is 110 cm³/mol. The highest BCUT2D eigenvalue weighted by Crippen LogP contribution is 2.34. The minimum atomic E-state index is -0.286. The Labute approximate surface area is 161 Å². The second-order valence-corrected chi connectivity index (χ2v) is 7.38. The Morgan fingerprint density at radius 1 is 1.16 bits per heavy atom. The molecule has 0 aliphatic rings. The fourth-order valence-electron chi connectivity index (χ4n) is 2.62. The average Bonchev–Trinajstić information content (AvgIpc) is 2.97. The van der Waals surface area contributed by atoms with E-state index in [0.29, 0.717) is 15.0 Å². The lowest BCUT2D eigenvalue weighted by Gasteiger charge is -2.19. The van der Waals surface area contributed by atoms with Crippen molar-refractivity contribution in [1.82, 2.24) is 10.6 Å². The lowest BCUT2D eigenvalue weighted by Crippen LogP contribution is -2.40. The summed E-state index contributed by atoms with van der Waals surface area (Å²) in [5.41, 5.74) is 1.13. The summed E-state index contributed by atoms with van der Waals surface area (Å²) in [5, 5.41) is 7.59. The van der Waals surface area contributed by atoms with Gasteiger partial charge in [0.15, 0.2) is 5.11 Å². The lowest BCUT2D eigenvalue weighted by molar-refractivity contribution is 0.0980. The molecule has 25 heavy (non-hydrogen) atoms. The van der Waals surface area contributed by atoms with Gasteiger partial charge >= 0.3 is 0 Å². The van der Waals surface area contributed by atoms with Gasteiger partial charge in [-0.25, -0.2) is 0 Å². The Hall–Kier alpha value is -1.95. The highest BCUT2D eigenvalue weighted by atomic mass is 35.5. The number of halogens is 1. The summed E-state index contributed by atoms with van der Waals surface area (Å²) in [4.78, 5) is 13.0. The number of amides is 1. The van der Waals surface area contributed by atoms with Gasteiger partial charge in [-0.05, 0) is 30.3 Å². The van der Waals surface area contributed by atoms with E-state index < -0.39 is 0 Å². The molecule has 0 fully saturated rings. The summed E-state index contributed by atoms with van der Waals surface area (Å²) in [5.74, 6) is -0.286. The standard InChI is InChI=1S/C19H17ClN2OS2/c1-2-14(12-8-4-3-5-9-12)21-19(24)22-18(23)17-16(20)13-10-6-7-11-15(13)25-17/h3-11,14H,2H2,1H3,(H2,21,22,23,24). The number of benzene rings is 2. The van der Waals surface area contributed by atoms with Crippen molar-refractivity contribution >= 4 is 56.3 Å². The number of thiocarbonyl (C=S) groups is 1. The van der Waals surface area contributed by atoms with E-state index in [4.69, 9.17) is 23.8 Å². The Kier molecular flexibility index (Phi) is 5.68. The van der Waals surface area contributed by atoms with Crippen LogP contribution in [-0.2, 0) is 0 Å². The monoisotopic (exact) mass is 388 g/mol. The number of fused-ring (bicyclic) bond motifs is 1. The third kappa shape index (κ3) is 4.00. The normalized spacial score (nSPS) is 11.9. The number of nitrogens with one attached hydrogen (secondary N) is 2. The smallest absolute Gasteiger partial charge is 0.269 e. The lowest BCUT2D eigenvalue weighted by atomic mass is 10.1. The molecular weight excluding hydrogens is 372 g/mol. The van der Waals surface area contributed by atoms with Crippen LogP contribution >= 0.6 is 35.2 Å². The van der Waals surface area contributed by atoms with Crippen LogP contribution in [0.1, 0.15) is 34.6 Å². The number of thiophene rings is 1. The van der Waals surface area contributed by atoms with E-state index in [1.165, 1.54) is 11.3 Å². The third-order valence-electron chi connectivity index (χ3n) is 3.88. The van der Waals surface area contributed by atoms with Gasteiger partial charge in [-0.3, -0.25) is 10.1 Å². The molecule has 3 rings (SSSR count). The van der Waals surface area contributed by atoms with Gasteiger partial charge < -0.3 is 5.32 Å². The molecule has 1 aromatic heterocycles. The van der Waals surface area contributed by atoms with Crippen LogP contribution in [0.15, 0.2) is 54.6 Å². The summed E-state index contributed by atoms with van der Waals surface area (Å²) in [6.07, 6.45) is 0.851. The Morgan fingerprint density at radius 2 is 1.84 bits per heavy atom. The van der Waals surface area contributed by atoms with Crippen molar-refractivity contribution in [2.45, 2.75) is 19.4 Å². The van der Waals surface area contributed by atoms with Crippen LogP contribution in [0.5, 0.6) is 0 Å². The largest absolute Gasteiger partial charge is 0.356 e. The van der Waals surface area contributed by atoms with E-state index in [1.54, 1.807) is 0 Å². The topological polar surface area (TPSA) is 41.1 Å². The SMILES string of the molecule is CCC(NC(=S)NC(=O)c1sc2ccccc2c1Cl)c1ccccc1. The number of hydrogen-bond acceptors (Lipinski definition) is 3. The molecule has 0 saturated heterocycles. The molecule has 1 atom stereocenters. The van der Waals surface area contributed by atoms with E-state index in [2.05, 4.69) is 17.6 Å². The maximum atomic E-state index is 12.5. The van der Waals surface area contributed by atoms with Crippen LogP contribution in [0.3, 0.4) is 0 Å². The molecule has 0 aliphatic heterocycles. The minimum absolute atomic E-state index is 0.0480. The zero-order chi connectivity index (χ0) is 17.8. The van der Waals surface area contributed by atoms with Crippen molar-refractivity contribution < 1.29 is 4.79 Å². The summed E-state index contributed by atoms with van der Waals surface area (Å²) < 4.78 is 0.979. The summed E-state index contributed by atoms with van der Waals surface area (Å²) in [6, 6.07) is 17.7. The third-order valence-corrected chi connectivity index (χ3v) is 5.78. The van der Waals surface area contributed by atoms with Crippen LogP contribution in [0.4, 0.5) is 0 Å². The van der Waals surface area contributed by atoms with Crippen LogP contribution < -0.4 is 10.6 Å². The molecule has 2 N–H and O–H groups in total. The second-order valence-electron chi connectivity index (χ2n) is 5.54. The van der Waals surface area contributed by atoms with Crippen molar-refractivity contribution in [2.24, 2.45) is 0 Å². The maximum Gasteiger partial charge on any atom is 0.269 e. The van der Waals surface area contributed by atoms with Gasteiger partial charge in [-0.2, -0.15) is 0 Å². The van der Waals surface area contributed by atoms with E-state index >= 15 is 0 Å². The van der Waals surface area contributed by atoms with Gasteiger partial charge in [0.25, 0.3) is 5.91 Å². The van der Waals surface area contributed by atoms with Crippen molar-refractivity contribution in [1.29, 1.82) is 0 Å². The van der Waals surface area contributed by atoms with Gasteiger partial charge in [0.05, 0.1) is 11.1 Å². The van der Waals surface area contributed by atoms with Gasteiger partial charge in [0.1, 0.15) is 4.88 Å². The average molecular weight is 389 g/mol. The van der Waals surface area contributed by atoms with Crippen LogP contribution in [-0.4, -0.2) is 11.0 Å². The van der Waals surface area contributed by atoms with Gasteiger partial charge in [0, 0.05) is 10.1 Å². The molecule has 0 spiro atoms. The first-order chi connectivity index (χ1) is 12.1. The zero-order valence-electron chi connectivity index (χ0n) is 13.6. The van der Waals surface area contributed by atoms with Gasteiger partial charge in [0.2, 0.25) is 0 Å². The Morgan fingerprint density at radius 3 is 2.52 bits per heavy atom. The molecule has 0 radical (unpaired) electrons. The first-order valence-corrected chi connectivity index (χ1v) is 9.54. The van der Waals surface area contributed by atoms with Gasteiger partial charge in [-0.1, -0.05) is 67.1 Å². The summed E-state index contributed by atoms with van der Waals surface area (Å²) in [7, 11) is 0. The van der Waals surface area contributed by atoms with Crippen molar-refractivity contribution in [2.75, 3.05) is 0 Å². The fraction of sp³-hybridized carbons (Fsp3) is 0.158. The molecule has 1 heterocycles. The highest BCUT2D eigenvalue weighted by Gasteiger charge is 2.19. The van der Waals surface area contributed by atoms with Gasteiger partial charge in [-0.15, -0.1) is 11.3 Å². The molecule has 0 aliphatic carbocycles. The number of carbonyl (C=O) groups is 1. The van der Waals surface area contributed by atoms with Crippen LogP contribution in [0.25, 0.3) is 10.1 Å². The molecule has 0 bridgehead atoms. The Bertz CT molecular complexity index is 908. The zero-order valence-corrected chi connectivity index (χ0v) is 16.0. The molecule has 6 heteroatoms. The number of carbonyl (C=O) groups excluding carboxylic acids is 1. The first-order valence-electron chi connectivity index (χ1n) is 7.94. The quantitative estimate of drug-likeness (QED) is 0.595. The predicted octanol–water partition coefficient (Wildman–Crippen LogP) is 5.31. The molecule has 3 nitrogen and oxygen atoms in total. The van der Waals surface area contributed by atoms with E-state index in [1.807, 2.05) is 54.6 Å². The van der Waals surface area contributed by atoms with E-state index in [0.717, 1.165) is 22.1 Å². The molecule has 2 aromatic carbocycles. The van der Waals surface area contributed by atoms with Crippen molar-refractivity contribution in [3.8, 4) is 0 Å². The number of rotatable bonds is 4. The van der Waals surface area contributed by atoms with Crippen molar-refractivity contribution in [3.05, 3.63) is 70.1 Å². The summed E-state index contributed by atoms with van der Waals surface area (Å²) >= 11 is 13.0. The number of hydrogen-bond donors (Lipinski definition) is 2. The minimum Gasteiger partial charge on any atom is -0.356 e. The second kappa shape index (κ2) is 7.95. The fourth-order valence-corrected chi connectivity index (χ4v) is 4.27. The van der Waals surface area contributed by atoms with Crippen molar-refractivity contribution in [3.63, 3.8) is 0 Å². The molecule has 128 valence electrons. The van der Waals surface area contributed by atoms with Crippen LogP contribution in [0.2, 0.25) is 5.02 Å². The first kappa shape index (κ1) is 17.9. The Balaban J connectivity index is 1.71. The van der Waals surface area contributed by atoms with E-state index in [9.17, 15) is 4.79 Å². The summed E-state index contributed by atoms with van der Waals surface area (Å²) in [6.45, 7) is 2.07. The molecule has 1 amide bonds. The maximum absolute atomic E-state index is 12.5. The molecule has 1 unspecified atom stereocenters. The molecular formula is C19H17ClN2OS2. The van der Waals surface area contributed by atoms with Crippen LogP contribution in [0, 0.1) is 0 Å². The molecule has 0 saturated carbocycles. The highest BCUT2D eigenvalue weighted by molar-refractivity contribution is 7.80. The van der Waals surface area contributed by atoms with E-state index in [-0.39, 0.29) is 11.9 Å². The molecule has 3 aromatic rings.